The van der Waals surface area contributed by atoms with Gasteiger partial charge in [0.15, 0.2) is 9.84 Å². The number of hydrogen-bond acceptors (Lipinski definition) is 3. The molecule has 0 radical (unpaired) electrons. The molecule has 2 rings (SSSR count). The summed E-state index contributed by atoms with van der Waals surface area (Å²) in [6.45, 7) is 0. The number of benzene rings is 2. The van der Waals surface area contributed by atoms with Crippen molar-refractivity contribution < 1.29 is 17.6 Å². The maximum absolute atomic E-state index is 13.7. The third kappa shape index (κ3) is 3.68. The van der Waals surface area contributed by atoms with Gasteiger partial charge in [0.1, 0.15) is 5.82 Å². The number of carbonyl (C=O) groups excluding carboxylic acids is 1. The highest BCUT2D eigenvalue weighted by atomic mass is 79.9. The summed E-state index contributed by atoms with van der Waals surface area (Å²) in [4.78, 5) is 12.1. The average molecular weight is 372 g/mol. The molecule has 7 heteroatoms. The number of halogens is 2. The Balaban J connectivity index is 2.39. The molecule has 2 aromatic carbocycles. The zero-order valence-corrected chi connectivity index (χ0v) is 13.3. The van der Waals surface area contributed by atoms with Gasteiger partial charge in [0.25, 0.3) is 5.91 Å². The molecule has 0 aliphatic carbocycles. The van der Waals surface area contributed by atoms with E-state index in [-0.39, 0.29) is 16.1 Å². The monoisotopic (exact) mass is 371 g/mol. The summed E-state index contributed by atoms with van der Waals surface area (Å²) >= 11 is 3.15. The van der Waals surface area contributed by atoms with E-state index in [1.807, 2.05) is 0 Å². The summed E-state index contributed by atoms with van der Waals surface area (Å²) in [5.41, 5.74) is -0.0583. The Hall–Kier alpha value is -1.73. The average Bonchev–Trinajstić information content (AvgIpc) is 2.41. The van der Waals surface area contributed by atoms with E-state index < -0.39 is 21.6 Å². The first-order valence-corrected chi connectivity index (χ1v) is 8.53. The molecule has 4 nitrogen and oxygen atoms in total. The fraction of sp³-hybridized carbons (Fsp3) is 0.0714. The lowest BCUT2D eigenvalue weighted by Gasteiger charge is -2.10. The quantitative estimate of drug-likeness (QED) is 0.900. The smallest absolute Gasteiger partial charge is 0.258 e. The minimum atomic E-state index is -3.50. The van der Waals surface area contributed by atoms with E-state index in [9.17, 15) is 17.6 Å². The zero-order chi connectivity index (χ0) is 15.6. The number of nitrogens with one attached hydrogen (secondary N) is 1. The Morgan fingerprint density at radius 3 is 2.52 bits per heavy atom. The van der Waals surface area contributed by atoms with Crippen LogP contribution in [0.25, 0.3) is 0 Å². The van der Waals surface area contributed by atoms with E-state index in [0.29, 0.717) is 4.47 Å². The predicted molar refractivity (Wildman–Crippen MR) is 81.6 cm³/mol. The van der Waals surface area contributed by atoms with Gasteiger partial charge in [-0.15, -0.1) is 0 Å². The van der Waals surface area contributed by atoms with Crippen LogP contribution in [-0.2, 0) is 9.84 Å². The summed E-state index contributed by atoms with van der Waals surface area (Å²) < 4.78 is 37.5. The molecular formula is C14H11BrFNO3S. The first-order chi connectivity index (χ1) is 9.79. The van der Waals surface area contributed by atoms with Crippen LogP contribution in [0.1, 0.15) is 10.4 Å². The van der Waals surface area contributed by atoms with Crippen molar-refractivity contribution in [3.05, 3.63) is 58.3 Å². The van der Waals surface area contributed by atoms with Crippen LogP contribution in [0.3, 0.4) is 0 Å². The summed E-state index contributed by atoms with van der Waals surface area (Å²) in [5, 5.41) is 2.42. The van der Waals surface area contributed by atoms with Crippen molar-refractivity contribution in [1.82, 2.24) is 0 Å². The van der Waals surface area contributed by atoms with Gasteiger partial charge < -0.3 is 5.32 Å². The second kappa shape index (κ2) is 5.95. The molecule has 0 aromatic heterocycles. The molecule has 0 heterocycles. The van der Waals surface area contributed by atoms with Crippen LogP contribution < -0.4 is 5.32 Å². The van der Waals surface area contributed by atoms with Crippen molar-refractivity contribution in [3.8, 4) is 0 Å². The highest BCUT2D eigenvalue weighted by Gasteiger charge is 2.17. The van der Waals surface area contributed by atoms with Gasteiger partial charge in [-0.3, -0.25) is 4.79 Å². The third-order valence-electron chi connectivity index (χ3n) is 2.71. The minimum absolute atomic E-state index is 0.0197. The van der Waals surface area contributed by atoms with Crippen molar-refractivity contribution in [2.45, 2.75) is 4.90 Å². The minimum Gasteiger partial charge on any atom is -0.321 e. The summed E-state index contributed by atoms with van der Waals surface area (Å²) in [5.74, 6) is -1.41. The van der Waals surface area contributed by atoms with Gasteiger partial charge in [-0.05, 0) is 30.3 Å². The van der Waals surface area contributed by atoms with E-state index in [2.05, 4.69) is 21.2 Å². The van der Waals surface area contributed by atoms with Crippen LogP contribution in [0.4, 0.5) is 10.1 Å². The molecule has 0 unspecified atom stereocenters. The lowest BCUT2D eigenvalue weighted by atomic mass is 10.2. The number of carbonyl (C=O) groups is 1. The second-order valence-electron chi connectivity index (χ2n) is 4.35. The van der Waals surface area contributed by atoms with Crippen LogP contribution in [0, 0.1) is 5.82 Å². The van der Waals surface area contributed by atoms with Gasteiger partial charge >= 0.3 is 0 Å². The van der Waals surface area contributed by atoms with Gasteiger partial charge in [0, 0.05) is 10.7 Å². The Morgan fingerprint density at radius 1 is 1.19 bits per heavy atom. The molecular weight excluding hydrogens is 361 g/mol. The Kier molecular flexibility index (Phi) is 4.43. The van der Waals surface area contributed by atoms with Crippen LogP contribution in [0.15, 0.2) is 51.8 Å². The van der Waals surface area contributed by atoms with Gasteiger partial charge in [0.2, 0.25) is 0 Å². The van der Waals surface area contributed by atoms with E-state index in [1.54, 1.807) is 12.1 Å². The van der Waals surface area contributed by atoms with Crippen LogP contribution in [0.2, 0.25) is 0 Å². The Labute approximate surface area is 130 Å². The van der Waals surface area contributed by atoms with Gasteiger partial charge in [0.05, 0.1) is 16.1 Å². The standard InChI is InChI=1S/C14H11BrFNO3S/c1-21(19,20)13-5-3-2-4-12(13)17-14(18)10-8-9(15)6-7-11(10)16/h2-8H,1H3,(H,17,18). The van der Waals surface area contributed by atoms with Crippen LogP contribution >= 0.6 is 15.9 Å². The van der Waals surface area contributed by atoms with E-state index in [4.69, 9.17) is 0 Å². The first kappa shape index (κ1) is 15.7. The summed E-state index contributed by atoms with van der Waals surface area (Å²) in [6, 6.07) is 9.91. The zero-order valence-electron chi connectivity index (χ0n) is 10.9. The van der Waals surface area contributed by atoms with Gasteiger partial charge in [-0.25, -0.2) is 12.8 Å². The van der Waals surface area contributed by atoms with E-state index >= 15 is 0 Å². The molecule has 110 valence electrons. The maximum atomic E-state index is 13.7. The van der Waals surface area contributed by atoms with Crippen molar-refractivity contribution in [2.24, 2.45) is 0 Å². The maximum Gasteiger partial charge on any atom is 0.258 e. The first-order valence-electron chi connectivity index (χ1n) is 5.84. The van der Waals surface area contributed by atoms with Gasteiger partial charge in [-0.1, -0.05) is 28.1 Å². The van der Waals surface area contributed by atoms with Crippen LogP contribution in [-0.4, -0.2) is 20.6 Å². The molecule has 0 atom stereocenters. The number of para-hydroxylation sites is 1. The topological polar surface area (TPSA) is 63.2 Å². The summed E-state index contributed by atoms with van der Waals surface area (Å²) in [7, 11) is -3.50. The fourth-order valence-electron chi connectivity index (χ4n) is 1.75. The largest absolute Gasteiger partial charge is 0.321 e. The lowest BCUT2D eigenvalue weighted by molar-refractivity contribution is 0.102. The molecule has 21 heavy (non-hydrogen) atoms. The van der Waals surface area contributed by atoms with E-state index in [0.717, 1.165) is 12.3 Å². The molecule has 0 aliphatic rings. The fourth-order valence-corrected chi connectivity index (χ4v) is 2.96. The molecule has 0 spiro atoms. The Bertz CT molecular complexity index is 806. The van der Waals surface area contributed by atoms with Crippen molar-refractivity contribution in [1.29, 1.82) is 0 Å². The predicted octanol–water partition coefficient (Wildman–Crippen LogP) is 3.24. The van der Waals surface area contributed by atoms with Crippen molar-refractivity contribution in [2.75, 3.05) is 11.6 Å². The van der Waals surface area contributed by atoms with Gasteiger partial charge in [-0.2, -0.15) is 0 Å². The summed E-state index contributed by atoms with van der Waals surface area (Å²) in [6.07, 6.45) is 1.04. The number of amides is 1. The normalized spacial score (nSPS) is 11.2. The van der Waals surface area contributed by atoms with Crippen molar-refractivity contribution >= 4 is 37.4 Å². The van der Waals surface area contributed by atoms with Crippen molar-refractivity contribution in [3.63, 3.8) is 0 Å². The highest BCUT2D eigenvalue weighted by Crippen LogP contribution is 2.22. The lowest BCUT2D eigenvalue weighted by Crippen LogP contribution is -2.16. The number of sulfone groups is 1. The molecule has 0 saturated heterocycles. The Morgan fingerprint density at radius 2 is 1.86 bits per heavy atom. The molecule has 1 amide bonds. The SMILES string of the molecule is CS(=O)(=O)c1ccccc1NC(=O)c1cc(Br)ccc1F. The molecule has 0 bridgehead atoms. The number of anilines is 1. The third-order valence-corrected chi connectivity index (χ3v) is 4.36. The van der Waals surface area contributed by atoms with Crippen LogP contribution in [0.5, 0.6) is 0 Å². The van der Waals surface area contributed by atoms with E-state index in [1.165, 1.54) is 24.3 Å². The molecule has 0 aliphatic heterocycles. The molecule has 1 N–H and O–H groups in total. The molecule has 2 aromatic rings. The molecule has 0 fully saturated rings. The highest BCUT2D eigenvalue weighted by molar-refractivity contribution is 9.10. The number of hydrogen-bond donors (Lipinski definition) is 1. The number of rotatable bonds is 3. The second-order valence-corrected chi connectivity index (χ2v) is 7.25. The molecule has 0 saturated carbocycles.